The SMILES string of the molecule is COC1CC(C(=O)O)N(C(=O)c2cncc(C)c2)C1. The van der Waals surface area contributed by atoms with E-state index in [9.17, 15) is 14.7 Å². The zero-order chi connectivity index (χ0) is 14.0. The molecule has 102 valence electrons. The second kappa shape index (κ2) is 5.36. The summed E-state index contributed by atoms with van der Waals surface area (Å²) in [5.74, 6) is -1.32. The number of pyridine rings is 1. The summed E-state index contributed by atoms with van der Waals surface area (Å²) in [5, 5.41) is 9.18. The summed E-state index contributed by atoms with van der Waals surface area (Å²) in [7, 11) is 1.52. The maximum absolute atomic E-state index is 12.3. The number of methoxy groups -OCH3 is 1. The summed E-state index contributed by atoms with van der Waals surface area (Å²) in [5.41, 5.74) is 1.27. The topological polar surface area (TPSA) is 79.7 Å². The van der Waals surface area contributed by atoms with Crippen molar-refractivity contribution in [2.24, 2.45) is 0 Å². The minimum atomic E-state index is -1.01. The molecular weight excluding hydrogens is 248 g/mol. The van der Waals surface area contributed by atoms with Crippen molar-refractivity contribution in [1.82, 2.24) is 9.88 Å². The summed E-state index contributed by atoms with van der Waals surface area (Å²) in [6.45, 7) is 2.13. The van der Waals surface area contributed by atoms with Crippen molar-refractivity contribution >= 4 is 11.9 Å². The number of aromatic nitrogens is 1. The largest absolute Gasteiger partial charge is 0.480 e. The zero-order valence-corrected chi connectivity index (χ0v) is 10.9. The van der Waals surface area contributed by atoms with E-state index in [2.05, 4.69) is 4.98 Å². The van der Waals surface area contributed by atoms with E-state index in [1.807, 2.05) is 6.92 Å². The third kappa shape index (κ3) is 2.73. The van der Waals surface area contributed by atoms with Crippen LogP contribution in [0.1, 0.15) is 22.3 Å². The minimum Gasteiger partial charge on any atom is -0.480 e. The van der Waals surface area contributed by atoms with E-state index in [0.717, 1.165) is 5.56 Å². The molecule has 1 saturated heterocycles. The standard InChI is InChI=1S/C13H16N2O4/c1-8-3-9(6-14-5-8)12(16)15-7-10(19-2)4-11(15)13(17)18/h3,5-6,10-11H,4,7H2,1-2H3,(H,17,18). The molecule has 1 aliphatic heterocycles. The fourth-order valence-corrected chi connectivity index (χ4v) is 2.26. The molecule has 6 nitrogen and oxygen atoms in total. The fourth-order valence-electron chi connectivity index (χ4n) is 2.26. The average Bonchev–Trinajstić information content (AvgIpc) is 2.82. The van der Waals surface area contributed by atoms with Gasteiger partial charge < -0.3 is 14.7 Å². The maximum atomic E-state index is 12.3. The van der Waals surface area contributed by atoms with Crippen molar-refractivity contribution < 1.29 is 19.4 Å². The van der Waals surface area contributed by atoms with E-state index in [1.165, 1.54) is 18.2 Å². The van der Waals surface area contributed by atoms with Crippen LogP contribution in [0.15, 0.2) is 18.5 Å². The van der Waals surface area contributed by atoms with Gasteiger partial charge >= 0.3 is 5.97 Å². The van der Waals surface area contributed by atoms with Crippen LogP contribution in [0.5, 0.6) is 0 Å². The summed E-state index contributed by atoms with van der Waals surface area (Å²) in [6.07, 6.45) is 3.18. The van der Waals surface area contributed by atoms with Crippen LogP contribution in [0.3, 0.4) is 0 Å². The van der Waals surface area contributed by atoms with Crippen LogP contribution in [0.25, 0.3) is 0 Å². The number of ether oxygens (including phenoxy) is 1. The first-order valence-corrected chi connectivity index (χ1v) is 6.01. The van der Waals surface area contributed by atoms with Crippen molar-refractivity contribution in [1.29, 1.82) is 0 Å². The number of carboxylic acid groups (broad SMARTS) is 1. The molecule has 0 radical (unpaired) electrons. The Bertz CT molecular complexity index is 503. The van der Waals surface area contributed by atoms with Gasteiger partial charge in [-0.15, -0.1) is 0 Å². The molecule has 0 aliphatic carbocycles. The molecule has 1 aromatic heterocycles. The second-order valence-electron chi connectivity index (χ2n) is 4.66. The molecule has 2 rings (SSSR count). The van der Waals surface area contributed by atoms with Gasteiger partial charge in [0, 0.05) is 32.5 Å². The number of hydrogen-bond acceptors (Lipinski definition) is 4. The van der Waals surface area contributed by atoms with Crippen molar-refractivity contribution in [2.75, 3.05) is 13.7 Å². The maximum Gasteiger partial charge on any atom is 0.326 e. The molecular formula is C13H16N2O4. The lowest BCUT2D eigenvalue weighted by Crippen LogP contribution is -2.40. The lowest BCUT2D eigenvalue weighted by molar-refractivity contribution is -0.141. The number of carboxylic acids is 1. The molecule has 1 aliphatic rings. The van der Waals surface area contributed by atoms with Crippen molar-refractivity contribution in [3.63, 3.8) is 0 Å². The van der Waals surface area contributed by atoms with Crippen LogP contribution in [-0.4, -0.2) is 52.7 Å². The zero-order valence-electron chi connectivity index (χ0n) is 10.9. The van der Waals surface area contributed by atoms with Gasteiger partial charge in [-0.1, -0.05) is 0 Å². The number of nitrogens with zero attached hydrogens (tertiary/aromatic N) is 2. The van der Waals surface area contributed by atoms with E-state index in [1.54, 1.807) is 12.3 Å². The smallest absolute Gasteiger partial charge is 0.326 e. The molecule has 1 N–H and O–H groups in total. The first-order chi connectivity index (χ1) is 9.02. The molecule has 2 atom stereocenters. The van der Waals surface area contributed by atoms with Crippen molar-refractivity contribution in [3.05, 3.63) is 29.6 Å². The molecule has 1 aromatic rings. The minimum absolute atomic E-state index is 0.234. The number of amides is 1. The highest BCUT2D eigenvalue weighted by Gasteiger charge is 2.40. The van der Waals surface area contributed by atoms with Gasteiger partial charge in [0.2, 0.25) is 0 Å². The molecule has 0 saturated carbocycles. The molecule has 19 heavy (non-hydrogen) atoms. The summed E-state index contributed by atoms with van der Waals surface area (Å²) in [6, 6.07) is 0.868. The highest BCUT2D eigenvalue weighted by Crippen LogP contribution is 2.22. The van der Waals surface area contributed by atoms with Crippen LogP contribution in [-0.2, 0) is 9.53 Å². The lowest BCUT2D eigenvalue weighted by atomic mass is 10.1. The Balaban J connectivity index is 2.24. The van der Waals surface area contributed by atoms with Gasteiger partial charge in [-0.05, 0) is 18.6 Å². The van der Waals surface area contributed by atoms with Gasteiger partial charge in [0.15, 0.2) is 0 Å². The second-order valence-corrected chi connectivity index (χ2v) is 4.66. The number of rotatable bonds is 3. The Hall–Kier alpha value is -1.95. The highest BCUT2D eigenvalue weighted by molar-refractivity contribution is 5.96. The van der Waals surface area contributed by atoms with Gasteiger partial charge in [-0.3, -0.25) is 9.78 Å². The molecule has 0 spiro atoms. The predicted molar refractivity (Wildman–Crippen MR) is 66.8 cm³/mol. The first kappa shape index (κ1) is 13.5. The number of aliphatic carboxylic acids is 1. The molecule has 6 heteroatoms. The number of carbonyl (C=O) groups excluding carboxylic acids is 1. The third-order valence-electron chi connectivity index (χ3n) is 3.26. The number of aryl methyl sites for hydroxylation is 1. The molecule has 0 aromatic carbocycles. The van der Waals surface area contributed by atoms with Gasteiger partial charge in [0.25, 0.3) is 5.91 Å². The van der Waals surface area contributed by atoms with Crippen LogP contribution < -0.4 is 0 Å². The molecule has 0 bridgehead atoms. The molecule has 1 amide bonds. The normalized spacial score (nSPS) is 22.5. The average molecular weight is 264 g/mol. The molecule has 2 heterocycles. The van der Waals surface area contributed by atoms with Crippen LogP contribution >= 0.6 is 0 Å². The Morgan fingerprint density at radius 3 is 2.79 bits per heavy atom. The van der Waals surface area contributed by atoms with Crippen molar-refractivity contribution in [2.45, 2.75) is 25.5 Å². The number of carbonyl (C=O) groups is 2. The Labute approximate surface area is 111 Å². The van der Waals surface area contributed by atoms with Crippen LogP contribution in [0.4, 0.5) is 0 Å². The van der Waals surface area contributed by atoms with Crippen LogP contribution in [0, 0.1) is 6.92 Å². The number of hydrogen-bond donors (Lipinski definition) is 1. The van der Waals surface area contributed by atoms with Crippen molar-refractivity contribution in [3.8, 4) is 0 Å². The van der Waals surface area contributed by atoms with Crippen LogP contribution in [0.2, 0.25) is 0 Å². The van der Waals surface area contributed by atoms with E-state index < -0.39 is 12.0 Å². The monoisotopic (exact) mass is 264 g/mol. The number of likely N-dealkylation sites (tertiary alicyclic amines) is 1. The van der Waals surface area contributed by atoms with Gasteiger partial charge in [-0.2, -0.15) is 0 Å². The molecule has 2 unspecified atom stereocenters. The van der Waals surface area contributed by atoms with Gasteiger partial charge in [0.05, 0.1) is 11.7 Å². The first-order valence-electron chi connectivity index (χ1n) is 6.01. The lowest BCUT2D eigenvalue weighted by Gasteiger charge is -2.21. The van der Waals surface area contributed by atoms with E-state index >= 15 is 0 Å². The Morgan fingerprint density at radius 2 is 2.21 bits per heavy atom. The van der Waals surface area contributed by atoms with E-state index in [4.69, 9.17) is 4.74 Å². The van der Waals surface area contributed by atoms with E-state index in [-0.39, 0.29) is 12.0 Å². The van der Waals surface area contributed by atoms with E-state index in [0.29, 0.717) is 18.5 Å². The quantitative estimate of drug-likeness (QED) is 0.869. The summed E-state index contributed by atoms with van der Waals surface area (Å²) < 4.78 is 5.16. The fraction of sp³-hybridized carbons (Fsp3) is 0.462. The molecule has 1 fully saturated rings. The highest BCUT2D eigenvalue weighted by atomic mass is 16.5. The van der Waals surface area contributed by atoms with Gasteiger partial charge in [-0.25, -0.2) is 4.79 Å². The summed E-state index contributed by atoms with van der Waals surface area (Å²) in [4.78, 5) is 28.9. The van der Waals surface area contributed by atoms with Gasteiger partial charge in [0.1, 0.15) is 6.04 Å². The third-order valence-corrected chi connectivity index (χ3v) is 3.26. The Kier molecular flexibility index (Phi) is 3.80. The Morgan fingerprint density at radius 1 is 1.47 bits per heavy atom. The summed E-state index contributed by atoms with van der Waals surface area (Å²) >= 11 is 0. The predicted octanol–water partition coefficient (Wildman–Crippen LogP) is 0.704.